The normalized spacial score (nSPS) is 11.4. The lowest BCUT2D eigenvalue weighted by atomic mass is 10.2. The van der Waals surface area contributed by atoms with E-state index in [9.17, 15) is 8.42 Å². The monoisotopic (exact) mass is 343 g/mol. The Morgan fingerprint density at radius 2 is 1.83 bits per heavy atom. The highest BCUT2D eigenvalue weighted by atomic mass is 32.2. The Balaban J connectivity index is 1.87. The van der Waals surface area contributed by atoms with Crippen LogP contribution in [-0.4, -0.2) is 18.6 Å². The first-order valence-electron chi connectivity index (χ1n) is 7.50. The van der Waals surface area contributed by atoms with Gasteiger partial charge in [0.2, 0.25) is 11.8 Å². The van der Waals surface area contributed by atoms with Gasteiger partial charge in [-0.05, 0) is 42.3 Å². The van der Waals surface area contributed by atoms with Gasteiger partial charge >= 0.3 is 0 Å². The Bertz CT molecular complexity index is 947. The summed E-state index contributed by atoms with van der Waals surface area (Å²) in [5, 5.41) is 7.71. The van der Waals surface area contributed by atoms with E-state index in [2.05, 4.69) is 14.9 Å². The quantitative estimate of drug-likeness (QED) is 0.767. The van der Waals surface area contributed by atoms with Crippen molar-refractivity contribution in [2.24, 2.45) is 0 Å². The van der Waals surface area contributed by atoms with Crippen molar-refractivity contribution in [3.63, 3.8) is 0 Å². The van der Waals surface area contributed by atoms with E-state index in [1.165, 1.54) is 0 Å². The van der Waals surface area contributed by atoms with E-state index in [4.69, 9.17) is 4.42 Å². The molecule has 3 rings (SSSR count). The SMILES string of the molecule is CCc1ccc(S(=O)(=O)Nc2cccc(-c3nnc(C)o3)c2)cc1. The van der Waals surface area contributed by atoms with Gasteiger partial charge in [-0.3, -0.25) is 4.72 Å². The van der Waals surface area contributed by atoms with Gasteiger partial charge in [-0.2, -0.15) is 0 Å². The summed E-state index contributed by atoms with van der Waals surface area (Å²) in [4.78, 5) is 0.221. The summed E-state index contributed by atoms with van der Waals surface area (Å²) < 4.78 is 32.9. The fourth-order valence-corrected chi connectivity index (χ4v) is 3.30. The lowest BCUT2D eigenvalue weighted by molar-refractivity contribution is 0.533. The maximum atomic E-state index is 12.5. The van der Waals surface area contributed by atoms with Crippen LogP contribution in [-0.2, 0) is 16.4 Å². The van der Waals surface area contributed by atoms with Gasteiger partial charge in [-0.25, -0.2) is 8.42 Å². The molecule has 0 saturated carbocycles. The van der Waals surface area contributed by atoms with Crippen molar-refractivity contribution in [3.05, 3.63) is 60.0 Å². The van der Waals surface area contributed by atoms with E-state index < -0.39 is 10.0 Å². The van der Waals surface area contributed by atoms with Gasteiger partial charge in [0, 0.05) is 18.2 Å². The summed E-state index contributed by atoms with van der Waals surface area (Å²) >= 11 is 0. The number of aryl methyl sites for hydroxylation is 2. The Kier molecular flexibility index (Phi) is 4.35. The standard InChI is InChI=1S/C17H17N3O3S/c1-3-13-7-9-16(10-8-13)24(21,22)20-15-6-4-5-14(11-15)17-19-18-12(2)23-17/h4-11,20H,3H2,1-2H3. The van der Waals surface area contributed by atoms with E-state index in [0.717, 1.165) is 12.0 Å². The molecule has 0 saturated heterocycles. The number of hydrogen-bond donors (Lipinski definition) is 1. The van der Waals surface area contributed by atoms with Crippen LogP contribution >= 0.6 is 0 Å². The summed E-state index contributed by atoms with van der Waals surface area (Å²) in [6.07, 6.45) is 0.861. The molecule has 0 aliphatic rings. The zero-order valence-corrected chi connectivity index (χ0v) is 14.2. The second-order valence-corrected chi connectivity index (χ2v) is 6.99. The molecule has 1 aromatic heterocycles. The largest absolute Gasteiger partial charge is 0.421 e. The average Bonchev–Trinajstić information content (AvgIpc) is 3.01. The summed E-state index contributed by atoms with van der Waals surface area (Å²) in [5.41, 5.74) is 2.17. The molecular weight excluding hydrogens is 326 g/mol. The molecule has 3 aromatic rings. The summed E-state index contributed by atoms with van der Waals surface area (Å²) in [7, 11) is -3.65. The minimum Gasteiger partial charge on any atom is -0.421 e. The number of benzene rings is 2. The van der Waals surface area contributed by atoms with E-state index in [1.54, 1.807) is 43.3 Å². The van der Waals surface area contributed by atoms with Crippen molar-refractivity contribution < 1.29 is 12.8 Å². The third kappa shape index (κ3) is 3.46. The Morgan fingerprint density at radius 1 is 1.08 bits per heavy atom. The van der Waals surface area contributed by atoms with Gasteiger partial charge in [-0.15, -0.1) is 10.2 Å². The molecule has 0 radical (unpaired) electrons. The van der Waals surface area contributed by atoms with Crippen molar-refractivity contribution in [1.82, 2.24) is 10.2 Å². The lowest BCUT2D eigenvalue weighted by Gasteiger charge is -2.09. The third-order valence-corrected chi connectivity index (χ3v) is 4.93. The molecule has 1 N–H and O–H groups in total. The highest BCUT2D eigenvalue weighted by Crippen LogP contribution is 2.23. The number of aromatic nitrogens is 2. The topological polar surface area (TPSA) is 85.1 Å². The fraction of sp³-hybridized carbons (Fsp3) is 0.176. The van der Waals surface area contributed by atoms with Crippen LogP contribution in [0.4, 0.5) is 5.69 Å². The van der Waals surface area contributed by atoms with Crippen molar-refractivity contribution in [2.75, 3.05) is 4.72 Å². The second kappa shape index (κ2) is 6.45. The van der Waals surface area contributed by atoms with Crippen LogP contribution in [0.25, 0.3) is 11.5 Å². The van der Waals surface area contributed by atoms with Gasteiger partial charge in [0.1, 0.15) is 0 Å². The maximum Gasteiger partial charge on any atom is 0.261 e. The van der Waals surface area contributed by atoms with Crippen molar-refractivity contribution >= 4 is 15.7 Å². The van der Waals surface area contributed by atoms with Crippen LogP contribution in [0.2, 0.25) is 0 Å². The van der Waals surface area contributed by atoms with Crippen LogP contribution in [0.3, 0.4) is 0 Å². The molecule has 6 nitrogen and oxygen atoms in total. The number of nitrogens with one attached hydrogen (secondary N) is 1. The first-order valence-corrected chi connectivity index (χ1v) is 8.98. The van der Waals surface area contributed by atoms with Crippen LogP contribution in [0, 0.1) is 6.92 Å². The molecule has 0 aliphatic heterocycles. The summed E-state index contributed by atoms with van der Waals surface area (Å²) in [6, 6.07) is 13.7. The number of nitrogens with zero attached hydrogens (tertiary/aromatic N) is 2. The summed E-state index contributed by atoms with van der Waals surface area (Å²) in [5.74, 6) is 0.799. The van der Waals surface area contributed by atoms with Crippen molar-refractivity contribution in [1.29, 1.82) is 0 Å². The minimum atomic E-state index is -3.65. The highest BCUT2D eigenvalue weighted by molar-refractivity contribution is 7.92. The molecule has 0 spiro atoms. The molecule has 0 atom stereocenters. The molecule has 7 heteroatoms. The molecule has 0 unspecified atom stereocenters. The molecule has 124 valence electrons. The van der Waals surface area contributed by atoms with E-state index in [-0.39, 0.29) is 4.90 Å². The van der Waals surface area contributed by atoms with Gasteiger partial charge in [-0.1, -0.05) is 25.1 Å². The number of hydrogen-bond acceptors (Lipinski definition) is 5. The molecule has 0 bridgehead atoms. The number of rotatable bonds is 5. The first kappa shape index (κ1) is 16.2. The van der Waals surface area contributed by atoms with E-state index >= 15 is 0 Å². The average molecular weight is 343 g/mol. The smallest absolute Gasteiger partial charge is 0.261 e. The second-order valence-electron chi connectivity index (χ2n) is 5.31. The van der Waals surface area contributed by atoms with Crippen molar-refractivity contribution in [2.45, 2.75) is 25.2 Å². The van der Waals surface area contributed by atoms with Gasteiger partial charge in [0.05, 0.1) is 4.90 Å². The summed E-state index contributed by atoms with van der Waals surface area (Å²) in [6.45, 7) is 3.72. The zero-order chi connectivity index (χ0) is 17.2. The third-order valence-electron chi connectivity index (χ3n) is 3.53. The van der Waals surface area contributed by atoms with E-state index in [1.807, 2.05) is 19.1 Å². The Labute approximate surface area is 140 Å². The maximum absolute atomic E-state index is 12.5. The van der Waals surface area contributed by atoms with Crippen LogP contribution < -0.4 is 4.72 Å². The zero-order valence-electron chi connectivity index (χ0n) is 13.4. The van der Waals surface area contributed by atoms with Gasteiger partial charge in [0.25, 0.3) is 10.0 Å². The first-order chi connectivity index (χ1) is 11.5. The van der Waals surface area contributed by atoms with Crippen molar-refractivity contribution in [3.8, 4) is 11.5 Å². The fourth-order valence-electron chi connectivity index (χ4n) is 2.25. The highest BCUT2D eigenvalue weighted by Gasteiger charge is 2.15. The Hall–Kier alpha value is -2.67. The van der Waals surface area contributed by atoms with E-state index in [0.29, 0.717) is 23.0 Å². The van der Waals surface area contributed by atoms with Gasteiger partial charge in [0.15, 0.2) is 0 Å². The van der Waals surface area contributed by atoms with Crippen LogP contribution in [0.15, 0.2) is 57.8 Å². The Morgan fingerprint density at radius 3 is 2.46 bits per heavy atom. The predicted octanol–water partition coefficient (Wildman–Crippen LogP) is 3.41. The molecule has 24 heavy (non-hydrogen) atoms. The number of sulfonamides is 1. The molecule has 2 aromatic carbocycles. The van der Waals surface area contributed by atoms with Gasteiger partial charge < -0.3 is 4.42 Å². The molecule has 0 aliphatic carbocycles. The number of anilines is 1. The molecule has 0 amide bonds. The minimum absolute atomic E-state index is 0.221. The van der Waals surface area contributed by atoms with Crippen LogP contribution in [0.1, 0.15) is 18.4 Å². The van der Waals surface area contributed by atoms with Crippen LogP contribution in [0.5, 0.6) is 0 Å². The molecule has 0 fully saturated rings. The molecular formula is C17H17N3O3S. The molecule has 1 heterocycles. The predicted molar refractivity (Wildman–Crippen MR) is 91.1 cm³/mol. The lowest BCUT2D eigenvalue weighted by Crippen LogP contribution is -2.12.